The average molecular weight is 345 g/mol. The van der Waals surface area contributed by atoms with Gasteiger partial charge in [0.1, 0.15) is 11.5 Å². The minimum Gasteiger partial charge on any atom is -0.444 e. The van der Waals surface area contributed by atoms with Gasteiger partial charge in [0.05, 0.1) is 11.4 Å². The number of oxazole rings is 1. The Morgan fingerprint density at radius 2 is 1.88 bits per heavy atom. The molecular weight excluding hydrogens is 326 g/mol. The molecule has 0 saturated heterocycles. The van der Waals surface area contributed by atoms with Crippen LogP contribution in [0.1, 0.15) is 49.3 Å². The molecule has 24 heavy (non-hydrogen) atoms. The summed E-state index contributed by atoms with van der Waals surface area (Å²) in [6.07, 6.45) is 1.54. The van der Waals surface area contributed by atoms with Crippen molar-refractivity contribution in [3.63, 3.8) is 0 Å². The molecule has 2 atom stereocenters. The first kappa shape index (κ1) is 16.6. The highest BCUT2D eigenvalue weighted by atomic mass is 32.2. The van der Waals surface area contributed by atoms with Crippen molar-refractivity contribution in [1.29, 1.82) is 0 Å². The third kappa shape index (κ3) is 3.62. The first-order chi connectivity index (χ1) is 11.5. The molecule has 0 radical (unpaired) electrons. The maximum Gasteiger partial charge on any atom is 0.242 e. The summed E-state index contributed by atoms with van der Waals surface area (Å²) in [5.41, 5.74) is 1.53. The van der Waals surface area contributed by atoms with Crippen LogP contribution < -0.4 is 0 Å². The third-order valence-electron chi connectivity index (χ3n) is 3.58. The lowest BCUT2D eigenvalue weighted by Crippen LogP contribution is -2.06. The molecule has 126 valence electrons. The zero-order valence-electron chi connectivity index (χ0n) is 13.8. The van der Waals surface area contributed by atoms with E-state index in [2.05, 4.69) is 15.1 Å². The number of hydrogen-bond acceptors (Lipinski definition) is 6. The highest BCUT2D eigenvalue weighted by molar-refractivity contribution is 7.84. The average Bonchev–Trinajstić information content (AvgIpc) is 3.24. The van der Waals surface area contributed by atoms with Crippen molar-refractivity contribution in [2.75, 3.05) is 0 Å². The summed E-state index contributed by atoms with van der Waals surface area (Å²) in [5.74, 6) is 1.99. The molecule has 0 amide bonds. The van der Waals surface area contributed by atoms with E-state index in [1.807, 2.05) is 51.1 Å². The molecule has 7 heteroatoms. The lowest BCUT2D eigenvalue weighted by molar-refractivity contribution is 0.371. The van der Waals surface area contributed by atoms with Crippen LogP contribution in [0, 0.1) is 0 Å². The van der Waals surface area contributed by atoms with Crippen molar-refractivity contribution < 1.29 is 13.1 Å². The van der Waals surface area contributed by atoms with Gasteiger partial charge in [0.15, 0.2) is 5.82 Å². The molecule has 2 heterocycles. The van der Waals surface area contributed by atoms with Crippen LogP contribution in [0.2, 0.25) is 0 Å². The summed E-state index contributed by atoms with van der Waals surface area (Å²) < 4.78 is 23.2. The van der Waals surface area contributed by atoms with Gasteiger partial charge in [-0.3, -0.25) is 4.21 Å². The number of benzene rings is 1. The van der Waals surface area contributed by atoms with Crippen LogP contribution in [0.5, 0.6) is 0 Å². The Kier molecular flexibility index (Phi) is 4.89. The molecule has 0 aliphatic carbocycles. The standard InChI is InChI=1S/C17H19N3O3S/c1-11(2)15-19-16(23-20-15)12(3)24(21)10-14-9-22-17(18-14)13-7-5-4-6-8-13/h4-9,11-12H,10H2,1-3H3/t12-,24-/m0/s1. The first-order valence-corrected chi connectivity index (χ1v) is 9.13. The van der Waals surface area contributed by atoms with Gasteiger partial charge >= 0.3 is 0 Å². The molecule has 0 bridgehead atoms. The normalized spacial score (nSPS) is 14.0. The molecule has 0 spiro atoms. The molecule has 0 aliphatic rings. The van der Waals surface area contributed by atoms with Crippen LogP contribution in [0.3, 0.4) is 0 Å². The fourth-order valence-electron chi connectivity index (χ4n) is 2.12. The second kappa shape index (κ2) is 7.09. The van der Waals surface area contributed by atoms with E-state index in [1.54, 1.807) is 6.26 Å². The van der Waals surface area contributed by atoms with E-state index in [0.717, 1.165) is 5.56 Å². The largest absolute Gasteiger partial charge is 0.444 e. The summed E-state index contributed by atoms with van der Waals surface area (Å²) in [7, 11) is -1.23. The van der Waals surface area contributed by atoms with Gasteiger partial charge in [-0.2, -0.15) is 4.98 Å². The molecule has 3 aromatic rings. The van der Waals surface area contributed by atoms with Crippen LogP contribution >= 0.6 is 0 Å². The third-order valence-corrected chi connectivity index (χ3v) is 5.15. The van der Waals surface area contributed by atoms with Gasteiger partial charge in [-0.1, -0.05) is 37.2 Å². The van der Waals surface area contributed by atoms with Crippen molar-refractivity contribution in [1.82, 2.24) is 15.1 Å². The highest BCUT2D eigenvalue weighted by Crippen LogP contribution is 2.24. The van der Waals surface area contributed by atoms with Gasteiger partial charge in [0.2, 0.25) is 11.8 Å². The Bertz CT molecular complexity index is 826. The molecule has 6 nitrogen and oxygen atoms in total. The van der Waals surface area contributed by atoms with Crippen molar-refractivity contribution in [3.05, 3.63) is 54.0 Å². The molecule has 0 saturated carbocycles. The van der Waals surface area contributed by atoms with E-state index < -0.39 is 10.8 Å². The van der Waals surface area contributed by atoms with Gasteiger partial charge in [-0.25, -0.2) is 4.98 Å². The molecule has 2 aromatic heterocycles. The summed E-state index contributed by atoms with van der Waals surface area (Å²) in [6.45, 7) is 5.78. The highest BCUT2D eigenvalue weighted by Gasteiger charge is 2.22. The lowest BCUT2D eigenvalue weighted by atomic mass is 10.2. The van der Waals surface area contributed by atoms with E-state index in [9.17, 15) is 4.21 Å². The Morgan fingerprint density at radius 3 is 2.54 bits per heavy atom. The monoisotopic (exact) mass is 345 g/mol. The molecular formula is C17H19N3O3S. The van der Waals surface area contributed by atoms with Crippen molar-refractivity contribution in [2.24, 2.45) is 0 Å². The van der Waals surface area contributed by atoms with Gasteiger partial charge in [0.25, 0.3) is 0 Å². The second-order valence-corrected chi connectivity index (χ2v) is 7.58. The van der Waals surface area contributed by atoms with Crippen LogP contribution in [-0.2, 0) is 16.6 Å². The Balaban J connectivity index is 1.69. The Labute approximate surface area is 142 Å². The van der Waals surface area contributed by atoms with Crippen molar-refractivity contribution in [2.45, 2.75) is 37.7 Å². The fourth-order valence-corrected chi connectivity index (χ4v) is 3.11. The molecule has 1 aromatic carbocycles. The molecule has 0 fully saturated rings. The maximum atomic E-state index is 12.5. The summed E-state index contributed by atoms with van der Waals surface area (Å²) in [5, 5.41) is 3.56. The Morgan fingerprint density at radius 1 is 1.12 bits per heavy atom. The SMILES string of the molecule is CC(C)c1noc([C@H](C)[S@@](=O)Cc2coc(-c3ccccc3)n2)n1. The van der Waals surface area contributed by atoms with Gasteiger partial charge in [-0.05, 0) is 19.1 Å². The number of hydrogen-bond donors (Lipinski definition) is 0. The topological polar surface area (TPSA) is 82.0 Å². The van der Waals surface area contributed by atoms with Gasteiger partial charge < -0.3 is 8.94 Å². The van der Waals surface area contributed by atoms with Crippen LogP contribution in [0.4, 0.5) is 0 Å². The first-order valence-electron chi connectivity index (χ1n) is 7.75. The minimum absolute atomic E-state index is 0.173. The number of rotatable bonds is 6. The number of aromatic nitrogens is 3. The van der Waals surface area contributed by atoms with E-state index in [4.69, 9.17) is 8.94 Å². The van der Waals surface area contributed by atoms with Gasteiger partial charge in [0, 0.05) is 22.3 Å². The van der Waals surface area contributed by atoms with E-state index in [-0.39, 0.29) is 16.9 Å². The van der Waals surface area contributed by atoms with Crippen molar-refractivity contribution in [3.8, 4) is 11.5 Å². The van der Waals surface area contributed by atoms with Gasteiger partial charge in [-0.15, -0.1) is 0 Å². The molecule has 0 N–H and O–H groups in total. The molecule has 0 aliphatic heterocycles. The van der Waals surface area contributed by atoms with Crippen molar-refractivity contribution >= 4 is 10.8 Å². The van der Waals surface area contributed by atoms with E-state index in [0.29, 0.717) is 23.3 Å². The summed E-state index contributed by atoms with van der Waals surface area (Å²) >= 11 is 0. The predicted molar refractivity (Wildman–Crippen MR) is 90.6 cm³/mol. The lowest BCUT2D eigenvalue weighted by Gasteiger charge is -2.04. The van der Waals surface area contributed by atoms with E-state index in [1.165, 1.54) is 0 Å². The van der Waals surface area contributed by atoms with E-state index >= 15 is 0 Å². The summed E-state index contributed by atoms with van der Waals surface area (Å²) in [4.78, 5) is 8.71. The summed E-state index contributed by atoms with van der Waals surface area (Å²) in [6, 6.07) is 9.60. The maximum absolute atomic E-state index is 12.5. The van der Waals surface area contributed by atoms with Crippen LogP contribution in [-0.4, -0.2) is 19.3 Å². The zero-order valence-corrected chi connectivity index (χ0v) is 14.6. The zero-order chi connectivity index (χ0) is 17.1. The molecule has 0 unspecified atom stereocenters. The smallest absolute Gasteiger partial charge is 0.242 e. The van der Waals surface area contributed by atoms with Crippen LogP contribution in [0.25, 0.3) is 11.5 Å². The minimum atomic E-state index is -1.23. The second-order valence-electron chi connectivity index (χ2n) is 5.82. The number of nitrogens with zero attached hydrogens (tertiary/aromatic N) is 3. The molecule has 3 rings (SSSR count). The van der Waals surface area contributed by atoms with Crippen LogP contribution in [0.15, 0.2) is 45.5 Å². The Hall–Kier alpha value is -2.28. The predicted octanol–water partition coefficient (Wildman–Crippen LogP) is 3.86. The fraction of sp³-hybridized carbons (Fsp3) is 0.353. The quantitative estimate of drug-likeness (QED) is 0.675.